The maximum Gasteiger partial charge on any atom is 0.237 e. The molecule has 1 aliphatic heterocycles. The molecule has 1 heterocycles. The van der Waals surface area contributed by atoms with Gasteiger partial charge in [-0.05, 0) is 46.2 Å². The molecule has 0 radical (unpaired) electrons. The summed E-state index contributed by atoms with van der Waals surface area (Å²) in [6.45, 7) is 1.86. The maximum atomic E-state index is 11.6. The molecule has 2 aliphatic rings. The zero-order chi connectivity index (χ0) is 13.2. The van der Waals surface area contributed by atoms with E-state index in [0.717, 1.165) is 38.8 Å². The van der Waals surface area contributed by atoms with Crippen LogP contribution in [0.25, 0.3) is 0 Å². The molecule has 2 rings (SSSR count). The van der Waals surface area contributed by atoms with Crippen molar-refractivity contribution in [2.24, 2.45) is 5.73 Å². The van der Waals surface area contributed by atoms with E-state index in [1.165, 1.54) is 6.42 Å². The molecule has 104 valence electrons. The number of amides is 1. The first-order valence-corrected chi connectivity index (χ1v) is 6.88. The monoisotopic (exact) mass is 255 g/mol. The van der Waals surface area contributed by atoms with Crippen molar-refractivity contribution in [3.8, 4) is 0 Å². The predicted octanol–water partition coefficient (Wildman–Crippen LogP) is 0.0932. The van der Waals surface area contributed by atoms with E-state index in [2.05, 4.69) is 17.3 Å². The van der Waals surface area contributed by atoms with Gasteiger partial charge in [0.15, 0.2) is 0 Å². The topological polar surface area (TPSA) is 67.6 Å². The Kier molecular flexibility index (Phi) is 4.25. The Morgan fingerprint density at radius 2 is 2.33 bits per heavy atom. The first-order chi connectivity index (χ1) is 8.57. The zero-order valence-electron chi connectivity index (χ0n) is 11.4. The summed E-state index contributed by atoms with van der Waals surface area (Å²) in [7, 11) is 3.95. The van der Waals surface area contributed by atoms with Gasteiger partial charge < -0.3 is 20.7 Å². The van der Waals surface area contributed by atoms with E-state index >= 15 is 0 Å². The van der Waals surface area contributed by atoms with Crippen LogP contribution in [0, 0.1) is 0 Å². The van der Waals surface area contributed by atoms with Gasteiger partial charge in [-0.2, -0.15) is 0 Å². The number of nitrogens with zero attached hydrogens (tertiary/aromatic N) is 1. The molecule has 0 aromatic heterocycles. The maximum absolute atomic E-state index is 11.6. The number of ether oxygens (including phenoxy) is 1. The van der Waals surface area contributed by atoms with Crippen LogP contribution in [-0.2, 0) is 9.53 Å². The van der Waals surface area contributed by atoms with Crippen molar-refractivity contribution in [2.75, 3.05) is 27.2 Å². The summed E-state index contributed by atoms with van der Waals surface area (Å²) < 4.78 is 5.66. The third-order valence-electron chi connectivity index (χ3n) is 4.58. The summed E-state index contributed by atoms with van der Waals surface area (Å²) >= 11 is 0. The molecule has 0 aromatic carbocycles. The minimum absolute atomic E-state index is 0.224. The van der Waals surface area contributed by atoms with E-state index in [1.54, 1.807) is 0 Å². The lowest BCUT2D eigenvalue weighted by molar-refractivity contribution is -0.124. The molecule has 0 spiro atoms. The first kappa shape index (κ1) is 13.8. The molecule has 0 bridgehead atoms. The van der Waals surface area contributed by atoms with E-state index in [-0.39, 0.29) is 5.91 Å². The number of hydrogen-bond donors (Lipinski definition) is 2. The molecule has 3 N–H and O–H groups in total. The Balaban J connectivity index is 1.89. The molecule has 18 heavy (non-hydrogen) atoms. The lowest BCUT2D eigenvalue weighted by atomic mass is 9.96. The molecular weight excluding hydrogens is 230 g/mol. The van der Waals surface area contributed by atoms with Crippen LogP contribution in [0.5, 0.6) is 0 Å². The summed E-state index contributed by atoms with van der Waals surface area (Å²) in [6, 6.07) is 0.425. The molecule has 1 saturated carbocycles. The van der Waals surface area contributed by atoms with E-state index in [9.17, 15) is 4.79 Å². The molecule has 1 saturated heterocycles. The number of carbonyl (C=O) groups is 1. The summed E-state index contributed by atoms with van der Waals surface area (Å²) in [5, 5.41) is 3.12. The molecule has 0 aromatic rings. The number of nitrogens with one attached hydrogen (secondary N) is 1. The van der Waals surface area contributed by atoms with Gasteiger partial charge in [-0.25, -0.2) is 0 Å². The van der Waals surface area contributed by atoms with Crippen molar-refractivity contribution < 1.29 is 9.53 Å². The van der Waals surface area contributed by atoms with E-state index in [0.29, 0.717) is 12.1 Å². The standard InChI is InChI=1S/C13H25N3O2/c1-15-13(12(14)17)6-5-10(8-13)16(2)9-11-4-3-7-18-11/h10-11,15H,3-9H2,1-2H3,(H2,14,17). The summed E-state index contributed by atoms with van der Waals surface area (Å²) in [4.78, 5) is 13.9. The fourth-order valence-corrected chi connectivity index (χ4v) is 3.23. The Bertz CT molecular complexity index is 305. The van der Waals surface area contributed by atoms with E-state index < -0.39 is 5.54 Å². The van der Waals surface area contributed by atoms with Gasteiger partial charge in [0.2, 0.25) is 5.91 Å². The molecular formula is C13H25N3O2. The number of likely N-dealkylation sites (N-methyl/N-ethyl adjacent to an activating group) is 2. The largest absolute Gasteiger partial charge is 0.377 e. The first-order valence-electron chi connectivity index (χ1n) is 6.88. The van der Waals surface area contributed by atoms with Crippen LogP contribution in [0.1, 0.15) is 32.1 Å². The highest BCUT2D eigenvalue weighted by Crippen LogP contribution is 2.32. The molecule has 5 heteroatoms. The molecule has 1 aliphatic carbocycles. The fourth-order valence-electron chi connectivity index (χ4n) is 3.23. The lowest BCUT2D eigenvalue weighted by Crippen LogP contribution is -2.53. The smallest absolute Gasteiger partial charge is 0.237 e. The van der Waals surface area contributed by atoms with Crippen LogP contribution in [0.2, 0.25) is 0 Å². The highest BCUT2D eigenvalue weighted by Gasteiger charge is 2.44. The van der Waals surface area contributed by atoms with Crippen molar-refractivity contribution in [2.45, 2.75) is 49.8 Å². The molecule has 1 amide bonds. The van der Waals surface area contributed by atoms with E-state index in [1.807, 2.05) is 7.05 Å². The van der Waals surface area contributed by atoms with Crippen LogP contribution in [0.15, 0.2) is 0 Å². The van der Waals surface area contributed by atoms with Gasteiger partial charge in [0.1, 0.15) is 0 Å². The normalized spacial score (nSPS) is 36.4. The average Bonchev–Trinajstić information content (AvgIpc) is 2.97. The average molecular weight is 255 g/mol. The molecule has 3 atom stereocenters. The lowest BCUT2D eigenvalue weighted by Gasteiger charge is -2.29. The van der Waals surface area contributed by atoms with Crippen LogP contribution in [0.4, 0.5) is 0 Å². The van der Waals surface area contributed by atoms with Gasteiger partial charge in [-0.3, -0.25) is 4.79 Å². The van der Waals surface area contributed by atoms with Crippen molar-refractivity contribution in [3.05, 3.63) is 0 Å². The third kappa shape index (κ3) is 2.68. The van der Waals surface area contributed by atoms with Gasteiger partial charge >= 0.3 is 0 Å². The number of rotatable bonds is 5. The second-order valence-corrected chi connectivity index (χ2v) is 5.67. The molecule has 2 fully saturated rings. The van der Waals surface area contributed by atoms with Crippen LogP contribution in [0.3, 0.4) is 0 Å². The summed E-state index contributed by atoms with van der Waals surface area (Å²) in [6.07, 6.45) is 5.36. The zero-order valence-corrected chi connectivity index (χ0v) is 11.4. The SMILES string of the molecule is CNC1(C(N)=O)CCC(N(C)CC2CCCO2)C1. The predicted molar refractivity (Wildman–Crippen MR) is 70.2 cm³/mol. The van der Waals surface area contributed by atoms with Gasteiger partial charge in [-0.15, -0.1) is 0 Å². The minimum atomic E-state index is -0.505. The Hall–Kier alpha value is -0.650. The Labute approximate surface area is 109 Å². The third-order valence-corrected chi connectivity index (χ3v) is 4.58. The van der Waals surface area contributed by atoms with Crippen LogP contribution >= 0.6 is 0 Å². The fraction of sp³-hybridized carbons (Fsp3) is 0.923. The second-order valence-electron chi connectivity index (χ2n) is 5.67. The minimum Gasteiger partial charge on any atom is -0.377 e. The Morgan fingerprint density at radius 3 is 2.83 bits per heavy atom. The Morgan fingerprint density at radius 1 is 1.56 bits per heavy atom. The number of nitrogens with two attached hydrogens (primary N) is 1. The summed E-state index contributed by atoms with van der Waals surface area (Å²) in [5.41, 5.74) is 5.02. The van der Waals surface area contributed by atoms with Crippen molar-refractivity contribution in [1.82, 2.24) is 10.2 Å². The van der Waals surface area contributed by atoms with Gasteiger partial charge in [-0.1, -0.05) is 0 Å². The molecule has 3 unspecified atom stereocenters. The van der Waals surface area contributed by atoms with Crippen LogP contribution < -0.4 is 11.1 Å². The highest BCUT2D eigenvalue weighted by molar-refractivity contribution is 5.85. The number of primary amides is 1. The van der Waals surface area contributed by atoms with Crippen molar-refractivity contribution in [1.29, 1.82) is 0 Å². The second kappa shape index (κ2) is 5.55. The van der Waals surface area contributed by atoms with Gasteiger partial charge in [0, 0.05) is 19.2 Å². The van der Waals surface area contributed by atoms with Crippen LogP contribution in [-0.4, -0.2) is 55.7 Å². The highest BCUT2D eigenvalue weighted by atomic mass is 16.5. The van der Waals surface area contributed by atoms with Gasteiger partial charge in [0.25, 0.3) is 0 Å². The number of carbonyl (C=O) groups excluding carboxylic acids is 1. The summed E-state index contributed by atoms with van der Waals surface area (Å²) in [5.74, 6) is -0.224. The number of hydrogen-bond acceptors (Lipinski definition) is 4. The van der Waals surface area contributed by atoms with E-state index in [4.69, 9.17) is 10.5 Å². The van der Waals surface area contributed by atoms with Crippen molar-refractivity contribution in [3.63, 3.8) is 0 Å². The quantitative estimate of drug-likeness (QED) is 0.731. The molecule has 5 nitrogen and oxygen atoms in total. The van der Waals surface area contributed by atoms with Crippen molar-refractivity contribution >= 4 is 5.91 Å². The van der Waals surface area contributed by atoms with Gasteiger partial charge in [0.05, 0.1) is 11.6 Å².